The molecule has 146 valence electrons. The molecule has 2 amide bonds. The number of nitrogens with zero attached hydrogens (tertiary/aromatic N) is 3. The molecule has 27 heavy (non-hydrogen) atoms. The van der Waals surface area contributed by atoms with E-state index >= 15 is 0 Å². The lowest BCUT2D eigenvalue weighted by Gasteiger charge is -2.35. The second kappa shape index (κ2) is 7.34. The Morgan fingerprint density at radius 3 is 2.37 bits per heavy atom. The number of ether oxygens (including phenoxy) is 1. The quantitative estimate of drug-likeness (QED) is 0.788. The zero-order chi connectivity index (χ0) is 19.8. The first-order valence-corrected chi connectivity index (χ1v) is 9.77. The molecule has 7 nitrogen and oxygen atoms in total. The summed E-state index contributed by atoms with van der Waals surface area (Å²) in [5.74, 6) is -0.107. The van der Waals surface area contributed by atoms with Crippen molar-refractivity contribution in [2.45, 2.75) is 39.8 Å². The molecule has 0 saturated carbocycles. The third kappa shape index (κ3) is 4.50. The highest BCUT2D eigenvalue weighted by molar-refractivity contribution is 7.13. The summed E-state index contributed by atoms with van der Waals surface area (Å²) >= 11 is 1.31. The molecule has 1 saturated heterocycles. The van der Waals surface area contributed by atoms with E-state index in [4.69, 9.17) is 4.74 Å². The van der Waals surface area contributed by atoms with Crippen LogP contribution in [0.1, 0.15) is 26.3 Å². The van der Waals surface area contributed by atoms with E-state index in [1.807, 2.05) is 45.9 Å². The predicted molar refractivity (Wildman–Crippen MR) is 105 cm³/mol. The third-order valence-corrected chi connectivity index (χ3v) is 5.42. The van der Waals surface area contributed by atoms with Gasteiger partial charge < -0.3 is 14.5 Å². The fourth-order valence-electron chi connectivity index (χ4n) is 2.97. The number of hydrogen-bond acceptors (Lipinski definition) is 5. The van der Waals surface area contributed by atoms with E-state index in [0.717, 1.165) is 10.3 Å². The number of hydrogen-bond donors (Lipinski definition) is 0. The van der Waals surface area contributed by atoms with Crippen LogP contribution in [0.2, 0.25) is 0 Å². The van der Waals surface area contributed by atoms with Gasteiger partial charge in [0.25, 0.3) is 5.56 Å². The first-order valence-electron chi connectivity index (χ1n) is 9.00. The summed E-state index contributed by atoms with van der Waals surface area (Å²) in [6, 6.07) is 5.67. The molecule has 3 rings (SSSR count). The number of carbonyl (C=O) groups excluding carboxylic acids is 2. The minimum Gasteiger partial charge on any atom is -0.444 e. The van der Waals surface area contributed by atoms with Gasteiger partial charge in [0.05, 0.1) is 10.1 Å². The van der Waals surface area contributed by atoms with Crippen LogP contribution in [-0.2, 0) is 16.1 Å². The Labute approximate surface area is 162 Å². The van der Waals surface area contributed by atoms with Gasteiger partial charge in [0, 0.05) is 26.2 Å². The maximum atomic E-state index is 12.6. The number of carbonyl (C=O) groups is 2. The number of aryl methyl sites for hydroxylation is 1. The minimum absolute atomic E-state index is 0.0314. The molecule has 0 aliphatic carbocycles. The van der Waals surface area contributed by atoms with Gasteiger partial charge in [-0.2, -0.15) is 0 Å². The van der Waals surface area contributed by atoms with E-state index in [1.165, 1.54) is 15.5 Å². The first kappa shape index (κ1) is 19.4. The van der Waals surface area contributed by atoms with E-state index < -0.39 is 5.60 Å². The van der Waals surface area contributed by atoms with Gasteiger partial charge in [-0.3, -0.25) is 13.5 Å². The van der Waals surface area contributed by atoms with E-state index in [0.29, 0.717) is 31.6 Å². The number of piperazine rings is 1. The van der Waals surface area contributed by atoms with Crippen LogP contribution >= 0.6 is 11.5 Å². The minimum atomic E-state index is -0.537. The Kier molecular flexibility index (Phi) is 5.28. The number of fused-ring (bicyclic) bond motifs is 1. The van der Waals surface area contributed by atoms with Crippen LogP contribution in [0.4, 0.5) is 4.79 Å². The van der Waals surface area contributed by atoms with E-state index in [1.54, 1.807) is 9.80 Å². The molecule has 1 fully saturated rings. The van der Waals surface area contributed by atoms with Gasteiger partial charge in [-0.1, -0.05) is 17.6 Å². The Bertz CT molecular complexity index is 917. The van der Waals surface area contributed by atoms with E-state index in [2.05, 4.69) is 0 Å². The highest BCUT2D eigenvalue weighted by Gasteiger charge is 2.28. The molecule has 0 unspecified atom stereocenters. The molecule has 1 aliphatic heterocycles. The number of rotatable bonds is 2. The monoisotopic (exact) mass is 391 g/mol. The van der Waals surface area contributed by atoms with Crippen molar-refractivity contribution in [3.05, 3.63) is 34.1 Å². The SMILES string of the molecule is Cc1ccc2c(=O)n(CC(=O)N3CCN(C(=O)OC(C)(C)C)CC3)sc2c1. The van der Waals surface area contributed by atoms with Crippen LogP contribution < -0.4 is 5.56 Å². The average Bonchev–Trinajstić information content (AvgIpc) is 2.88. The van der Waals surface area contributed by atoms with Crippen molar-refractivity contribution < 1.29 is 14.3 Å². The molecular weight excluding hydrogens is 366 g/mol. The van der Waals surface area contributed by atoms with Crippen molar-refractivity contribution in [1.29, 1.82) is 0 Å². The van der Waals surface area contributed by atoms with Crippen LogP contribution in [0.15, 0.2) is 23.0 Å². The molecule has 0 radical (unpaired) electrons. The van der Waals surface area contributed by atoms with Crippen LogP contribution in [-0.4, -0.2) is 57.5 Å². The van der Waals surface area contributed by atoms with Crippen molar-refractivity contribution in [1.82, 2.24) is 13.8 Å². The zero-order valence-corrected chi connectivity index (χ0v) is 17.0. The lowest BCUT2D eigenvalue weighted by atomic mass is 10.2. The highest BCUT2D eigenvalue weighted by Crippen LogP contribution is 2.18. The second-order valence-electron chi connectivity index (χ2n) is 7.78. The number of aromatic nitrogens is 1. The summed E-state index contributed by atoms with van der Waals surface area (Å²) in [6.45, 7) is 9.24. The number of amides is 2. The predicted octanol–water partition coefficient (Wildman–Crippen LogP) is 2.45. The topological polar surface area (TPSA) is 71.9 Å². The smallest absolute Gasteiger partial charge is 0.410 e. The Morgan fingerprint density at radius 2 is 1.74 bits per heavy atom. The summed E-state index contributed by atoms with van der Waals surface area (Å²) in [4.78, 5) is 40.5. The summed E-state index contributed by atoms with van der Waals surface area (Å²) < 4.78 is 7.77. The molecular formula is C19H25N3O4S. The van der Waals surface area contributed by atoms with Gasteiger partial charge in [0.2, 0.25) is 5.91 Å². The maximum Gasteiger partial charge on any atom is 0.410 e. The van der Waals surface area contributed by atoms with Gasteiger partial charge in [-0.25, -0.2) is 4.79 Å². The normalized spacial score (nSPS) is 15.3. The van der Waals surface area contributed by atoms with Crippen molar-refractivity contribution in [2.75, 3.05) is 26.2 Å². The molecule has 0 spiro atoms. The van der Waals surface area contributed by atoms with E-state index in [9.17, 15) is 14.4 Å². The zero-order valence-electron chi connectivity index (χ0n) is 16.2. The van der Waals surface area contributed by atoms with Crippen molar-refractivity contribution in [3.8, 4) is 0 Å². The van der Waals surface area contributed by atoms with E-state index in [-0.39, 0.29) is 24.1 Å². The van der Waals surface area contributed by atoms with Crippen LogP contribution in [0, 0.1) is 6.92 Å². The van der Waals surface area contributed by atoms with Gasteiger partial charge >= 0.3 is 6.09 Å². The summed E-state index contributed by atoms with van der Waals surface area (Å²) in [7, 11) is 0. The molecule has 0 N–H and O–H groups in total. The van der Waals surface area contributed by atoms with Crippen molar-refractivity contribution >= 4 is 33.6 Å². The molecule has 0 atom stereocenters. The first-order chi connectivity index (χ1) is 12.6. The Morgan fingerprint density at radius 1 is 1.11 bits per heavy atom. The second-order valence-corrected chi connectivity index (χ2v) is 8.84. The van der Waals surface area contributed by atoms with Crippen molar-refractivity contribution in [2.24, 2.45) is 0 Å². The lowest BCUT2D eigenvalue weighted by molar-refractivity contribution is -0.133. The van der Waals surface area contributed by atoms with Gasteiger partial charge in [-0.05, 0) is 45.4 Å². The summed E-state index contributed by atoms with van der Waals surface area (Å²) in [5.41, 5.74) is 0.418. The Hall–Kier alpha value is -2.35. The summed E-state index contributed by atoms with van der Waals surface area (Å²) in [6.07, 6.45) is -0.356. The molecule has 1 aromatic heterocycles. The van der Waals surface area contributed by atoms with Crippen LogP contribution in [0.5, 0.6) is 0 Å². The molecule has 2 aromatic rings. The highest BCUT2D eigenvalue weighted by atomic mass is 32.1. The van der Waals surface area contributed by atoms with Crippen molar-refractivity contribution in [3.63, 3.8) is 0 Å². The summed E-state index contributed by atoms with van der Waals surface area (Å²) in [5, 5.41) is 0.646. The standard InChI is InChI=1S/C19H25N3O4S/c1-13-5-6-14-15(11-13)27-22(17(14)24)12-16(23)20-7-9-21(10-8-20)18(25)26-19(2,3)4/h5-6,11H,7-10,12H2,1-4H3. The van der Waals surface area contributed by atoms with Gasteiger partial charge in [0.15, 0.2) is 0 Å². The molecule has 1 aromatic carbocycles. The fraction of sp³-hybridized carbons (Fsp3) is 0.526. The Balaban J connectivity index is 1.61. The van der Waals surface area contributed by atoms with Gasteiger partial charge in [0.1, 0.15) is 12.1 Å². The lowest BCUT2D eigenvalue weighted by Crippen LogP contribution is -2.52. The molecule has 8 heteroatoms. The fourth-order valence-corrected chi connectivity index (χ4v) is 4.05. The van der Waals surface area contributed by atoms with Crippen LogP contribution in [0.25, 0.3) is 10.1 Å². The van der Waals surface area contributed by atoms with Crippen LogP contribution in [0.3, 0.4) is 0 Å². The largest absolute Gasteiger partial charge is 0.444 e. The molecule has 1 aliphatic rings. The molecule has 0 bridgehead atoms. The van der Waals surface area contributed by atoms with Gasteiger partial charge in [-0.15, -0.1) is 0 Å². The third-order valence-electron chi connectivity index (χ3n) is 4.37. The maximum absolute atomic E-state index is 12.6. The average molecular weight is 391 g/mol. The number of benzene rings is 1. The molecule has 2 heterocycles.